The molecule has 3 rings (SSSR count). The van der Waals surface area contributed by atoms with Gasteiger partial charge in [0.05, 0.1) is 11.9 Å². The highest BCUT2D eigenvalue weighted by molar-refractivity contribution is 9.10. The number of hydrogen-bond acceptors (Lipinski definition) is 3. The van der Waals surface area contributed by atoms with Crippen LogP contribution >= 0.6 is 15.9 Å². The highest BCUT2D eigenvalue weighted by Crippen LogP contribution is 2.48. The van der Waals surface area contributed by atoms with Crippen LogP contribution in [0.1, 0.15) is 18.4 Å². The molecule has 0 amide bonds. The number of hydrogen-bond donors (Lipinski definition) is 1. The number of nitrogens with one attached hydrogen (secondary N) is 1. The molecule has 2 aromatic rings. The second-order valence-corrected chi connectivity index (χ2v) is 6.09. The second-order valence-electron chi connectivity index (χ2n) is 5.30. The van der Waals surface area contributed by atoms with E-state index in [-0.39, 0.29) is 11.0 Å². The van der Waals surface area contributed by atoms with Crippen molar-refractivity contribution in [3.05, 3.63) is 56.9 Å². The zero-order valence-electron chi connectivity index (χ0n) is 11.3. The lowest BCUT2D eigenvalue weighted by Gasteiger charge is -2.18. The minimum Gasteiger partial charge on any atom is -0.382 e. The molecule has 1 aromatic carbocycles. The third-order valence-electron chi connectivity index (χ3n) is 3.94. The van der Waals surface area contributed by atoms with Crippen LogP contribution in [0.15, 0.2) is 45.8 Å². The Labute approximate surface area is 126 Å². The van der Waals surface area contributed by atoms with Gasteiger partial charge < -0.3 is 5.32 Å². The molecule has 5 heteroatoms. The predicted molar refractivity (Wildman–Crippen MR) is 83.0 cm³/mol. The van der Waals surface area contributed by atoms with Gasteiger partial charge in [-0.05, 0) is 34.3 Å². The molecule has 0 saturated heterocycles. The van der Waals surface area contributed by atoms with Gasteiger partial charge in [0.25, 0.3) is 5.56 Å². The van der Waals surface area contributed by atoms with Crippen molar-refractivity contribution in [3.8, 4) is 0 Å². The van der Waals surface area contributed by atoms with Crippen molar-refractivity contribution in [2.45, 2.75) is 18.3 Å². The number of nitrogens with zero attached hydrogens (tertiary/aromatic N) is 2. The van der Waals surface area contributed by atoms with Crippen molar-refractivity contribution >= 4 is 21.6 Å². The van der Waals surface area contributed by atoms with Crippen molar-refractivity contribution < 1.29 is 0 Å². The van der Waals surface area contributed by atoms with Gasteiger partial charge in [-0.15, -0.1) is 0 Å². The van der Waals surface area contributed by atoms with Crippen LogP contribution in [-0.4, -0.2) is 16.3 Å². The Morgan fingerprint density at radius 1 is 1.35 bits per heavy atom. The van der Waals surface area contributed by atoms with Crippen LogP contribution in [0.2, 0.25) is 0 Å². The number of halogens is 1. The van der Waals surface area contributed by atoms with Gasteiger partial charge in [-0.3, -0.25) is 4.79 Å². The summed E-state index contributed by atoms with van der Waals surface area (Å²) < 4.78 is 1.86. The maximum absolute atomic E-state index is 11.8. The van der Waals surface area contributed by atoms with Crippen LogP contribution in [0, 0.1) is 0 Å². The molecular weight excluding hydrogens is 318 g/mol. The smallest absolute Gasteiger partial charge is 0.282 e. The second kappa shape index (κ2) is 5.05. The van der Waals surface area contributed by atoms with Gasteiger partial charge in [-0.2, -0.15) is 5.10 Å². The third kappa shape index (κ3) is 2.38. The molecule has 4 nitrogen and oxygen atoms in total. The summed E-state index contributed by atoms with van der Waals surface area (Å²) >= 11 is 3.34. The molecule has 1 heterocycles. The first kappa shape index (κ1) is 13.4. The summed E-state index contributed by atoms with van der Waals surface area (Å²) in [5, 5.41) is 7.40. The van der Waals surface area contributed by atoms with Gasteiger partial charge in [-0.1, -0.05) is 30.3 Å². The van der Waals surface area contributed by atoms with Gasteiger partial charge in [-0.25, -0.2) is 4.68 Å². The number of benzene rings is 1. The lowest BCUT2D eigenvalue weighted by Crippen LogP contribution is -2.24. The average Bonchev–Trinajstić information content (AvgIpc) is 3.26. The van der Waals surface area contributed by atoms with E-state index in [1.54, 1.807) is 13.2 Å². The molecule has 0 bridgehead atoms. The summed E-state index contributed by atoms with van der Waals surface area (Å²) in [6.07, 6.45) is 4.05. The van der Waals surface area contributed by atoms with E-state index in [0.29, 0.717) is 4.47 Å². The Kier molecular flexibility index (Phi) is 3.38. The van der Waals surface area contributed by atoms with E-state index in [1.807, 2.05) is 6.07 Å². The molecule has 1 fully saturated rings. The van der Waals surface area contributed by atoms with Gasteiger partial charge in [0.2, 0.25) is 0 Å². The van der Waals surface area contributed by atoms with Crippen LogP contribution in [0.25, 0.3) is 0 Å². The summed E-state index contributed by atoms with van der Waals surface area (Å²) in [6, 6.07) is 10.5. The summed E-state index contributed by atoms with van der Waals surface area (Å²) in [5.41, 5.74) is 2.21. The fraction of sp³-hybridized carbons (Fsp3) is 0.333. The number of rotatable bonds is 4. The molecule has 0 spiro atoms. The van der Waals surface area contributed by atoms with Crippen LogP contribution < -0.4 is 10.9 Å². The zero-order valence-corrected chi connectivity index (χ0v) is 12.9. The van der Waals surface area contributed by atoms with E-state index in [0.717, 1.165) is 12.2 Å². The quantitative estimate of drug-likeness (QED) is 0.935. The van der Waals surface area contributed by atoms with E-state index >= 15 is 0 Å². The summed E-state index contributed by atoms with van der Waals surface area (Å²) in [7, 11) is 1.64. The lowest BCUT2D eigenvalue weighted by molar-refractivity contribution is 0.696. The lowest BCUT2D eigenvalue weighted by atomic mass is 9.96. The van der Waals surface area contributed by atoms with Gasteiger partial charge >= 0.3 is 0 Å². The Morgan fingerprint density at radius 3 is 2.70 bits per heavy atom. The summed E-state index contributed by atoms with van der Waals surface area (Å²) in [4.78, 5) is 11.8. The molecule has 104 valence electrons. The van der Waals surface area contributed by atoms with Crippen molar-refractivity contribution in [1.82, 2.24) is 9.78 Å². The largest absolute Gasteiger partial charge is 0.382 e. The van der Waals surface area contributed by atoms with Crippen LogP contribution in [0.3, 0.4) is 0 Å². The summed E-state index contributed by atoms with van der Waals surface area (Å²) in [5.74, 6) is 0. The van der Waals surface area contributed by atoms with E-state index in [9.17, 15) is 4.79 Å². The molecule has 0 radical (unpaired) electrons. The molecule has 0 unspecified atom stereocenters. The molecule has 1 aliphatic rings. The minimum atomic E-state index is -0.125. The highest BCUT2D eigenvalue weighted by atomic mass is 79.9. The molecule has 20 heavy (non-hydrogen) atoms. The highest BCUT2D eigenvalue weighted by Gasteiger charge is 2.43. The molecular formula is C15H16BrN3O. The van der Waals surface area contributed by atoms with E-state index in [1.165, 1.54) is 23.1 Å². The molecule has 1 aliphatic carbocycles. The topological polar surface area (TPSA) is 46.9 Å². The Hall–Kier alpha value is -1.62. The molecule has 1 N–H and O–H groups in total. The monoisotopic (exact) mass is 333 g/mol. The van der Waals surface area contributed by atoms with E-state index < -0.39 is 0 Å². The summed E-state index contributed by atoms with van der Waals surface area (Å²) in [6.45, 7) is 0.824. The third-order valence-corrected chi connectivity index (χ3v) is 4.70. The number of anilines is 1. The molecule has 0 atom stereocenters. The van der Waals surface area contributed by atoms with Crippen LogP contribution in [0.5, 0.6) is 0 Å². The van der Waals surface area contributed by atoms with Gasteiger partial charge in [0.1, 0.15) is 4.47 Å². The normalized spacial score (nSPS) is 15.9. The Balaban J connectivity index is 1.78. The first-order chi connectivity index (χ1) is 9.62. The fourth-order valence-corrected chi connectivity index (χ4v) is 2.91. The maximum Gasteiger partial charge on any atom is 0.282 e. The SMILES string of the molecule is Cn1ncc(NCC2(c3ccccc3)CC2)c(Br)c1=O. The molecule has 1 saturated carbocycles. The fourth-order valence-electron chi connectivity index (χ4n) is 2.41. The predicted octanol–water partition coefficient (Wildman–Crippen LogP) is 2.69. The standard InChI is InChI=1S/C15H16BrN3O/c1-19-14(20)13(16)12(9-18-19)17-10-15(7-8-15)11-5-3-2-4-6-11/h2-6,9,17H,7-8,10H2,1H3. The minimum absolute atomic E-state index is 0.125. The zero-order chi connectivity index (χ0) is 14.2. The van der Waals surface area contributed by atoms with E-state index in [4.69, 9.17) is 0 Å². The van der Waals surface area contributed by atoms with Crippen molar-refractivity contribution in [2.75, 3.05) is 11.9 Å². The first-order valence-corrected chi connectivity index (χ1v) is 7.43. The molecule has 0 aliphatic heterocycles. The van der Waals surface area contributed by atoms with Crippen LogP contribution in [-0.2, 0) is 12.5 Å². The van der Waals surface area contributed by atoms with Crippen LogP contribution in [0.4, 0.5) is 5.69 Å². The van der Waals surface area contributed by atoms with Crippen molar-refractivity contribution in [1.29, 1.82) is 0 Å². The van der Waals surface area contributed by atoms with Gasteiger partial charge in [0, 0.05) is 19.0 Å². The van der Waals surface area contributed by atoms with Crippen molar-refractivity contribution in [3.63, 3.8) is 0 Å². The van der Waals surface area contributed by atoms with Gasteiger partial charge in [0.15, 0.2) is 0 Å². The number of aromatic nitrogens is 2. The maximum atomic E-state index is 11.8. The van der Waals surface area contributed by atoms with Crippen molar-refractivity contribution in [2.24, 2.45) is 7.05 Å². The average molecular weight is 334 g/mol. The first-order valence-electron chi connectivity index (χ1n) is 6.64. The Morgan fingerprint density at radius 2 is 2.05 bits per heavy atom. The number of aryl methyl sites for hydroxylation is 1. The Bertz CT molecular complexity index is 677. The van der Waals surface area contributed by atoms with E-state index in [2.05, 4.69) is 50.6 Å². The molecule has 1 aromatic heterocycles.